The Morgan fingerprint density at radius 2 is 1.64 bits per heavy atom. The quantitative estimate of drug-likeness (QED) is 0.703. The van der Waals surface area contributed by atoms with E-state index in [0.717, 1.165) is 0 Å². The third-order valence-corrected chi connectivity index (χ3v) is 3.47. The van der Waals surface area contributed by atoms with Gasteiger partial charge in [0.25, 0.3) is 0 Å². The second-order valence-corrected chi connectivity index (χ2v) is 5.06. The molecule has 0 unspecified atom stereocenters. The van der Waals surface area contributed by atoms with Crippen LogP contribution in [0, 0.1) is 18.8 Å². The van der Waals surface area contributed by atoms with Crippen LogP contribution in [-0.4, -0.2) is 36.4 Å². The average Bonchev–Trinajstić information content (AvgIpc) is 2.59. The van der Waals surface area contributed by atoms with Gasteiger partial charge in [0.1, 0.15) is 11.9 Å². The van der Waals surface area contributed by atoms with Crippen molar-refractivity contribution in [2.24, 2.45) is 0 Å². The summed E-state index contributed by atoms with van der Waals surface area (Å²) < 4.78 is 15.8. The molecular formula is C17H20N4O4. The summed E-state index contributed by atoms with van der Waals surface area (Å²) in [7, 11) is 4.49. The maximum absolute atomic E-state index is 10.4. The van der Waals surface area contributed by atoms with Crippen LogP contribution in [-0.2, 0) is 0 Å². The molecule has 1 atom stereocenters. The minimum absolute atomic E-state index is 0.0747. The first-order chi connectivity index (χ1) is 11.9. The van der Waals surface area contributed by atoms with E-state index >= 15 is 0 Å². The zero-order valence-electron chi connectivity index (χ0n) is 14.5. The van der Waals surface area contributed by atoms with Gasteiger partial charge in [0, 0.05) is 5.56 Å². The standard InChI is InChI=1S/C17H20N4O4/c1-9-11(16(18)21-17(19)20-9)5-6-12(22)10-7-13(23-2)15(25-4)14(8-10)24-3/h7-8,12,22H,1-4H3,(H4,18,19,20,21)/t12-/m1/s1. The third-order valence-electron chi connectivity index (χ3n) is 3.47. The summed E-state index contributed by atoms with van der Waals surface area (Å²) in [5, 5.41) is 10.4. The molecule has 1 aromatic carbocycles. The number of aromatic nitrogens is 2. The van der Waals surface area contributed by atoms with E-state index in [1.807, 2.05) is 0 Å². The second-order valence-electron chi connectivity index (χ2n) is 5.06. The zero-order chi connectivity index (χ0) is 18.6. The number of methoxy groups -OCH3 is 3. The molecule has 2 aromatic rings. The molecule has 0 fully saturated rings. The van der Waals surface area contributed by atoms with Gasteiger partial charge in [-0.05, 0) is 19.1 Å². The fourth-order valence-corrected chi connectivity index (χ4v) is 2.25. The van der Waals surface area contributed by atoms with Gasteiger partial charge >= 0.3 is 0 Å². The Morgan fingerprint density at radius 3 is 2.12 bits per heavy atom. The molecule has 0 saturated heterocycles. The number of ether oxygens (including phenoxy) is 3. The first-order valence-corrected chi connectivity index (χ1v) is 7.30. The molecule has 2 rings (SSSR count). The van der Waals surface area contributed by atoms with Gasteiger partial charge in [-0.3, -0.25) is 0 Å². The molecule has 1 heterocycles. The fourth-order valence-electron chi connectivity index (χ4n) is 2.25. The maximum Gasteiger partial charge on any atom is 0.222 e. The molecule has 0 spiro atoms. The lowest BCUT2D eigenvalue weighted by atomic mass is 10.1. The Labute approximate surface area is 145 Å². The summed E-state index contributed by atoms with van der Waals surface area (Å²) in [5.74, 6) is 7.01. The topological polar surface area (TPSA) is 126 Å². The van der Waals surface area contributed by atoms with Crippen molar-refractivity contribution in [2.45, 2.75) is 13.0 Å². The van der Waals surface area contributed by atoms with Crippen molar-refractivity contribution < 1.29 is 19.3 Å². The van der Waals surface area contributed by atoms with Crippen LogP contribution in [0.1, 0.15) is 22.9 Å². The van der Waals surface area contributed by atoms with Gasteiger partial charge in [-0.2, -0.15) is 4.98 Å². The summed E-state index contributed by atoms with van der Waals surface area (Å²) in [6.07, 6.45) is -1.11. The molecular weight excluding hydrogens is 324 g/mol. The zero-order valence-corrected chi connectivity index (χ0v) is 14.5. The van der Waals surface area contributed by atoms with E-state index in [4.69, 9.17) is 25.7 Å². The predicted octanol–water partition coefficient (Wildman–Crippen LogP) is 1.06. The maximum atomic E-state index is 10.4. The number of aliphatic hydroxyl groups is 1. The van der Waals surface area contributed by atoms with Crippen molar-refractivity contribution in [2.75, 3.05) is 32.8 Å². The molecule has 5 N–H and O–H groups in total. The lowest BCUT2D eigenvalue weighted by Gasteiger charge is -2.15. The van der Waals surface area contributed by atoms with Crippen molar-refractivity contribution in [3.05, 3.63) is 29.0 Å². The highest BCUT2D eigenvalue weighted by molar-refractivity contribution is 5.57. The van der Waals surface area contributed by atoms with E-state index in [1.165, 1.54) is 21.3 Å². The molecule has 8 heteroatoms. The average molecular weight is 344 g/mol. The van der Waals surface area contributed by atoms with Gasteiger partial charge in [-0.1, -0.05) is 11.8 Å². The Bertz CT molecular complexity index is 794. The summed E-state index contributed by atoms with van der Waals surface area (Å²) in [5.41, 5.74) is 12.8. The molecule has 0 bridgehead atoms. The van der Waals surface area contributed by atoms with Crippen LogP contribution in [0.5, 0.6) is 17.2 Å². The fraction of sp³-hybridized carbons (Fsp3) is 0.294. The van der Waals surface area contributed by atoms with Crippen molar-refractivity contribution in [3.63, 3.8) is 0 Å². The molecule has 0 aliphatic rings. The minimum Gasteiger partial charge on any atom is -0.493 e. The number of hydrogen-bond acceptors (Lipinski definition) is 8. The highest BCUT2D eigenvalue weighted by atomic mass is 16.5. The Hall–Kier alpha value is -3.18. The van der Waals surface area contributed by atoms with E-state index in [0.29, 0.717) is 34.1 Å². The molecule has 0 aliphatic carbocycles. The molecule has 0 amide bonds. The minimum atomic E-state index is -1.11. The Morgan fingerprint density at radius 1 is 1.04 bits per heavy atom. The lowest BCUT2D eigenvalue weighted by molar-refractivity contribution is 0.236. The van der Waals surface area contributed by atoms with Crippen molar-refractivity contribution in [3.8, 4) is 29.1 Å². The van der Waals surface area contributed by atoms with Crippen LogP contribution in [0.3, 0.4) is 0 Å². The van der Waals surface area contributed by atoms with Gasteiger partial charge in [-0.15, -0.1) is 0 Å². The summed E-state index contributed by atoms with van der Waals surface area (Å²) in [6.45, 7) is 1.71. The Kier molecular flexibility index (Phi) is 5.52. The first-order valence-electron chi connectivity index (χ1n) is 7.30. The van der Waals surface area contributed by atoms with E-state index < -0.39 is 6.10 Å². The monoisotopic (exact) mass is 344 g/mol. The summed E-state index contributed by atoms with van der Waals surface area (Å²) in [4.78, 5) is 7.87. The third kappa shape index (κ3) is 3.84. The molecule has 132 valence electrons. The van der Waals surface area contributed by atoms with Gasteiger partial charge < -0.3 is 30.8 Å². The lowest BCUT2D eigenvalue weighted by Crippen LogP contribution is -2.05. The second kappa shape index (κ2) is 7.59. The first kappa shape index (κ1) is 18.2. The van der Waals surface area contributed by atoms with Crippen LogP contribution in [0.2, 0.25) is 0 Å². The van der Waals surface area contributed by atoms with Crippen LogP contribution >= 0.6 is 0 Å². The predicted molar refractivity (Wildman–Crippen MR) is 93.5 cm³/mol. The van der Waals surface area contributed by atoms with Gasteiger partial charge in [0.2, 0.25) is 11.7 Å². The normalized spacial score (nSPS) is 11.2. The number of anilines is 2. The van der Waals surface area contributed by atoms with Crippen LogP contribution in [0.15, 0.2) is 12.1 Å². The number of aryl methyl sites for hydroxylation is 1. The van der Waals surface area contributed by atoms with Crippen molar-refractivity contribution in [1.82, 2.24) is 9.97 Å². The smallest absolute Gasteiger partial charge is 0.222 e. The van der Waals surface area contributed by atoms with Crippen LogP contribution < -0.4 is 25.7 Å². The van der Waals surface area contributed by atoms with E-state index in [9.17, 15) is 5.11 Å². The SMILES string of the molecule is COc1cc([C@H](O)C#Cc2c(C)nc(N)nc2N)cc(OC)c1OC. The van der Waals surface area contributed by atoms with Crippen molar-refractivity contribution in [1.29, 1.82) is 0 Å². The molecule has 1 aromatic heterocycles. The number of aliphatic hydroxyl groups excluding tert-OH is 1. The van der Waals surface area contributed by atoms with Crippen molar-refractivity contribution >= 4 is 11.8 Å². The van der Waals surface area contributed by atoms with Crippen LogP contribution in [0.4, 0.5) is 11.8 Å². The molecule has 0 saturated carbocycles. The summed E-state index contributed by atoms with van der Waals surface area (Å²) in [6, 6.07) is 3.24. The number of hydrogen-bond donors (Lipinski definition) is 3. The highest BCUT2D eigenvalue weighted by Crippen LogP contribution is 2.39. The number of nitrogens with zero attached hydrogens (tertiary/aromatic N) is 2. The number of nitrogen functional groups attached to an aromatic ring is 2. The highest BCUT2D eigenvalue weighted by Gasteiger charge is 2.16. The molecule has 8 nitrogen and oxygen atoms in total. The number of nitrogens with two attached hydrogens (primary N) is 2. The molecule has 0 radical (unpaired) electrons. The Balaban J connectivity index is 2.42. The molecule has 0 aliphatic heterocycles. The number of rotatable bonds is 4. The van der Waals surface area contributed by atoms with E-state index in [-0.39, 0.29) is 11.8 Å². The molecule has 25 heavy (non-hydrogen) atoms. The summed E-state index contributed by atoms with van der Waals surface area (Å²) >= 11 is 0. The van der Waals surface area contributed by atoms with Gasteiger partial charge in [0.15, 0.2) is 11.5 Å². The van der Waals surface area contributed by atoms with Crippen LogP contribution in [0.25, 0.3) is 0 Å². The van der Waals surface area contributed by atoms with Gasteiger partial charge in [0.05, 0.1) is 32.6 Å². The number of benzene rings is 1. The van der Waals surface area contributed by atoms with Gasteiger partial charge in [-0.25, -0.2) is 4.98 Å². The largest absolute Gasteiger partial charge is 0.493 e. The van der Waals surface area contributed by atoms with E-state index in [1.54, 1.807) is 19.1 Å². The van der Waals surface area contributed by atoms with E-state index in [2.05, 4.69) is 21.8 Å².